The van der Waals surface area contributed by atoms with Crippen LogP contribution in [-0.4, -0.2) is 11.7 Å². The fourth-order valence-corrected chi connectivity index (χ4v) is 1.59. The standard InChI is InChI=1S/C15H16O2/c1-3-11(2)10-17-15-7-5-12-4-6-14(16)8-13(12)9-15/h4-9,16H,2-3,10H2,1H3. The summed E-state index contributed by atoms with van der Waals surface area (Å²) >= 11 is 0. The molecule has 2 nitrogen and oxygen atoms in total. The Kier molecular flexibility index (Phi) is 3.33. The summed E-state index contributed by atoms with van der Waals surface area (Å²) in [6.07, 6.45) is 0.925. The van der Waals surface area contributed by atoms with Crippen molar-refractivity contribution in [2.24, 2.45) is 0 Å². The van der Waals surface area contributed by atoms with Gasteiger partial charge in [-0.3, -0.25) is 0 Å². The highest BCUT2D eigenvalue weighted by molar-refractivity contribution is 5.85. The Balaban J connectivity index is 2.22. The van der Waals surface area contributed by atoms with Gasteiger partial charge in [-0.25, -0.2) is 0 Å². The average molecular weight is 228 g/mol. The number of rotatable bonds is 4. The molecule has 0 aliphatic heterocycles. The fourth-order valence-electron chi connectivity index (χ4n) is 1.59. The van der Waals surface area contributed by atoms with E-state index in [0.29, 0.717) is 6.61 Å². The van der Waals surface area contributed by atoms with Gasteiger partial charge in [0.25, 0.3) is 0 Å². The van der Waals surface area contributed by atoms with Gasteiger partial charge in [-0.2, -0.15) is 0 Å². The van der Waals surface area contributed by atoms with Crippen molar-refractivity contribution in [3.8, 4) is 11.5 Å². The normalized spacial score (nSPS) is 10.4. The van der Waals surface area contributed by atoms with E-state index in [2.05, 4.69) is 13.5 Å². The molecule has 0 unspecified atom stereocenters. The lowest BCUT2D eigenvalue weighted by molar-refractivity contribution is 0.349. The molecule has 0 aliphatic carbocycles. The predicted molar refractivity (Wildman–Crippen MR) is 70.5 cm³/mol. The van der Waals surface area contributed by atoms with Gasteiger partial charge < -0.3 is 9.84 Å². The molecule has 0 atom stereocenters. The van der Waals surface area contributed by atoms with E-state index in [1.54, 1.807) is 12.1 Å². The van der Waals surface area contributed by atoms with Crippen molar-refractivity contribution in [1.82, 2.24) is 0 Å². The lowest BCUT2D eigenvalue weighted by Gasteiger charge is -2.08. The zero-order chi connectivity index (χ0) is 12.3. The molecule has 0 aromatic heterocycles. The Bertz CT molecular complexity index is 544. The molecule has 0 radical (unpaired) electrons. The molecule has 0 heterocycles. The molecule has 2 aromatic rings. The summed E-state index contributed by atoms with van der Waals surface area (Å²) in [6, 6.07) is 11.1. The zero-order valence-electron chi connectivity index (χ0n) is 9.94. The number of fused-ring (bicyclic) bond motifs is 1. The first-order valence-corrected chi connectivity index (χ1v) is 5.71. The molecule has 0 bridgehead atoms. The van der Waals surface area contributed by atoms with E-state index in [9.17, 15) is 5.11 Å². The fraction of sp³-hybridized carbons (Fsp3) is 0.200. The van der Waals surface area contributed by atoms with E-state index >= 15 is 0 Å². The first-order valence-electron chi connectivity index (χ1n) is 5.71. The smallest absolute Gasteiger partial charge is 0.120 e. The van der Waals surface area contributed by atoms with Gasteiger partial charge in [0.1, 0.15) is 18.1 Å². The highest BCUT2D eigenvalue weighted by atomic mass is 16.5. The lowest BCUT2D eigenvalue weighted by atomic mass is 10.1. The second kappa shape index (κ2) is 4.91. The lowest BCUT2D eigenvalue weighted by Crippen LogP contribution is -1.99. The van der Waals surface area contributed by atoms with Crippen molar-refractivity contribution in [2.45, 2.75) is 13.3 Å². The molecule has 88 valence electrons. The van der Waals surface area contributed by atoms with Crippen LogP contribution in [0.15, 0.2) is 48.6 Å². The third kappa shape index (κ3) is 2.78. The van der Waals surface area contributed by atoms with Gasteiger partial charge in [0.2, 0.25) is 0 Å². The Morgan fingerprint density at radius 2 is 1.94 bits per heavy atom. The summed E-state index contributed by atoms with van der Waals surface area (Å²) in [5, 5.41) is 11.5. The van der Waals surface area contributed by atoms with Crippen LogP contribution in [-0.2, 0) is 0 Å². The summed E-state index contributed by atoms with van der Waals surface area (Å²) in [5.41, 5.74) is 1.07. The summed E-state index contributed by atoms with van der Waals surface area (Å²) in [7, 11) is 0. The Morgan fingerprint density at radius 3 is 2.71 bits per heavy atom. The minimum atomic E-state index is 0.271. The number of phenolic OH excluding ortho intramolecular Hbond substituents is 1. The maximum absolute atomic E-state index is 9.42. The summed E-state index contributed by atoms with van der Waals surface area (Å²) in [5.74, 6) is 1.07. The van der Waals surface area contributed by atoms with Crippen molar-refractivity contribution in [3.05, 3.63) is 48.6 Å². The van der Waals surface area contributed by atoms with E-state index in [-0.39, 0.29) is 5.75 Å². The second-order valence-electron chi connectivity index (χ2n) is 4.09. The van der Waals surface area contributed by atoms with Crippen LogP contribution in [0.1, 0.15) is 13.3 Å². The van der Waals surface area contributed by atoms with Crippen LogP contribution in [0.5, 0.6) is 11.5 Å². The second-order valence-corrected chi connectivity index (χ2v) is 4.09. The number of benzene rings is 2. The number of ether oxygens (including phenoxy) is 1. The molecular weight excluding hydrogens is 212 g/mol. The molecule has 0 saturated carbocycles. The highest BCUT2D eigenvalue weighted by Crippen LogP contribution is 2.24. The summed E-state index contributed by atoms with van der Waals surface area (Å²) in [4.78, 5) is 0. The molecule has 1 N–H and O–H groups in total. The Hall–Kier alpha value is -1.96. The van der Waals surface area contributed by atoms with Crippen LogP contribution < -0.4 is 4.74 Å². The molecule has 0 fully saturated rings. The van der Waals surface area contributed by atoms with Gasteiger partial charge in [0.05, 0.1) is 0 Å². The van der Waals surface area contributed by atoms with Gasteiger partial charge >= 0.3 is 0 Å². The SMILES string of the molecule is C=C(CC)COc1ccc2ccc(O)cc2c1. The maximum atomic E-state index is 9.42. The van der Waals surface area contributed by atoms with E-state index in [1.165, 1.54) is 0 Å². The average Bonchev–Trinajstić information content (AvgIpc) is 2.35. The Labute approximate surface area is 101 Å². The van der Waals surface area contributed by atoms with E-state index in [1.807, 2.05) is 24.3 Å². The van der Waals surface area contributed by atoms with Crippen molar-refractivity contribution in [1.29, 1.82) is 0 Å². The van der Waals surface area contributed by atoms with Crippen LogP contribution in [0, 0.1) is 0 Å². The van der Waals surface area contributed by atoms with Gasteiger partial charge in [-0.15, -0.1) is 0 Å². The van der Waals surface area contributed by atoms with Crippen molar-refractivity contribution < 1.29 is 9.84 Å². The van der Waals surface area contributed by atoms with Crippen LogP contribution in [0.2, 0.25) is 0 Å². The van der Waals surface area contributed by atoms with Gasteiger partial charge in [-0.05, 0) is 47.0 Å². The monoisotopic (exact) mass is 228 g/mol. The van der Waals surface area contributed by atoms with Gasteiger partial charge in [0.15, 0.2) is 0 Å². The molecule has 17 heavy (non-hydrogen) atoms. The highest BCUT2D eigenvalue weighted by Gasteiger charge is 1.99. The van der Waals surface area contributed by atoms with Crippen molar-refractivity contribution in [2.75, 3.05) is 6.61 Å². The molecule has 0 amide bonds. The number of phenols is 1. The summed E-state index contributed by atoms with van der Waals surface area (Å²) < 4.78 is 5.63. The van der Waals surface area contributed by atoms with Gasteiger partial charge in [0, 0.05) is 0 Å². The quantitative estimate of drug-likeness (QED) is 0.804. The molecular formula is C15H16O2. The molecule has 0 saturated heterocycles. The van der Waals surface area contributed by atoms with Crippen LogP contribution in [0.3, 0.4) is 0 Å². The number of hydrogen-bond acceptors (Lipinski definition) is 2. The van der Waals surface area contributed by atoms with Crippen LogP contribution in [0.25, 0.3) is 10.8 Å². The number of hydrogen-bond donors (Lipinski definition) is 1. The Morgan fingerprint density at radius 1 is 1.18 bits per heavy atom. The maximum Gasteiger partial charge on any atom is 0.120 e. The first kappa shape index (κ1) is 11.5. The minimum absolute atomic E-state index is 0.271. The molecule has 0 aliphatic rings. The van der Waals surface area contributed by atoms with Crippen molar-refractivity contribution >= 4 is 10.8 Å². The largest absolute Gasteiger partial charge is 0.508 e. The zero-order valence-corrected chi connectivity index (χ0v) is 9.94. The van der Waals surface area contributed by atoms with Crippen LogP contribution >= 0.6 is 0 Å². The van der Waals surface area contributed by atoms with E-state index in [4.69, 9.17) is 4.74 Å². The molecule has 2 rings (SSSR count). The molecule has 0 spiro atoms. The third-order valence-corrected chi connectivity index (χ3v) is 2.74. The van der Waals surface area contributed by atoms with Crippen molar-refractivity contribution in [3.63, 3.8) is 0 Å². The van der Waals surface area contributed by atoms with Crippen LogP contribution in [0.4, 0.5) is 0 Å². The molecule has 2 heteroatoms. The van der Waals surface area contributed by atoms with Gasteiger partial charge in [-0.1, -0.05) is 25.6 Å². The topological polar surface area (TPSA) is 29.5 Å². The van der Waals surface area contributed by atoms with E-state index < -0.39 is 0 Å². The summed E-state index contributed by atoms with van der Waals surface area (Å²) in [6.45, 7) is 6.50. The third-order valence-electron chi connectivity index (χ3n) is 2.74. The first-order chi connectivity index (χ1) is 8.19. The minimum Gasteiger partial charge on any atom is -0.508 e. The van der Waals surface area contributed by atoms with E-state index in [0.717, 1.165) is 28.5 Å². The molecule has 2 aromatic carbocycles. The number of aromatic hydroxyl groups is 1. The predicted octanol–water partition coefficient (Wildman–Crippen LogP) is 3.89.